The van der Waals surface area contributed by atoms with E-state index in [4.69, 9.17) is 0 Å². The lowest BCUT2D eigenvalue weighted by molar-refractivity contribution is 0.0749. The van der Waals surface area contributed by atoms with Gasteiger partial charge in [-0.3, -0.25) is 4.79 Å². The van der Waals surface area contributed by atoms with E-state index in [-0.39, 0.29) is 5.91 Å². The number of carbonyl (C=O) groups excluding carboxylic acids is 1. The van der Waals surface area contributed by atoms with E-state index in [9.17, 15) is 4.79 Å². The first kappa shape index (κ1) is 18.9. The van der Waals surface area contributed by atoms with E-state index in [0.29, 0.717) is 11.6 Å². The van der Waals surface area contributed by atoms with Gasteiger partial charge in [-0.15, -0.1) is 0 Å². The molecule has 0 atom stereocenters. The lowest BCUT2D eigenvalue weighted by Crippen LogP contribution is -2.33. The number of hydrogen-bond donors (Lipinski definition) is 0. The Morgan fingerprint density at radius 3 is 2.40 bits per heavy atom. The number of rotatable bonds is 8. The molecule has 5 heteroatoms. The fraction of sp³-hybridized carbons (Fsp3) is 0.450. The van der Waals surface area contributed by atoms with Crippen LogP contribution in [0, 0.1) is 6.92 Å². The van der Waals surface area contributed by atoms with Crippen molar-refractivity contribution in [2.24, 2.45) is 0 Å². The normalized spacial score (nSPS) is 10.6. The highest BCUT2D eigenvalue weighted by Gasteiger charge is 2.18. The summed E-state index contributed by atoms with van der Waals surface area (Å²) in [6.07, 6.45) is 3.55. The molecule has 0 saturated carbocycles. The van der Waals surface area contributed by atoms with Crippen molar-refractivity contribution < 1.29 is 4.79 Å². The molecule has 25 heavy (non-hydrogen) atoms. The summed E-state index contributed by atoms with van der Waals surface area (Å²) in [6.45, 7) is 10.5. The van der Waals surface area contributed by atoms with Gasteiger partial charge in [-0.1, -0.05) is 26.0 Å². The van der Waals surface area contributed by atoms with Gasteiger partial charge in [-0.2, -0.15) is 0 Å². The van der Waals surface area contributed by atoms with Crippen molar-refractivity contribution >= 4 is 17.5 Å². The topological polar surface area (TPSA) is 49.3 Å². The Bertz CT molecular complexity index is 696. The van der Waals surface area contributed by atoms with E-state index in [0.717, 1.165) is 38.2 Å². The van der Waals surface area contributed by atoms with E-state index in [1.54, 1.807) is 12.3 Å². The minimum Gasteiger partial charge on any atom is -0.337 e. The molecule has 134 valence electrons. The van der Waals surface area contributed by atoms with Crippen molar-refractivity contribution in [2.45, 2.75) is 40.5 Å². The van der Waals surface area contributed by atoms with Crippen LogP contribution in [0.1, 0.15) is 49.7 Å². The van der Waals surface area contributed by atoms with Crippen LogP contribution in [0.25, 0.3) is 0 Å². The van der Waals surface area contributed by atoms with Gasteiger partial charge in [0.25, 0.3) is 5.91 Å². The Hall–Kier alpha value is -2.43. The van der Waals surface area contributed by atoms with E-state index in [2.05, 4.69) is 49.8 Å². The third-order valence-corrected chi connectivity index (χ3v) is 4.01. The highest BCUT2D eigenvalue weighted by atomic mass is 16.2. The highest BCUT2D eigenvalue weighted by molar-refractivity contribution is 5.92. The molecule has 0 bridgehead atoms. The molecule has 5 nitrogen and oxygen atoms in total. The van der Waals surface area contributed by atoms with Gasteiger partial charge in [-0.25, -0.2) is 9.97 Å². The van der Waals surface area contributed by atoms with Crippen LogP contribution < -0.4 is 4.90 Å². The van der Waals surface area contributed by atoms with Gasteiger partial charge < -0.3 is 9.80 Å². The average molecular weight is 340 g/mol. The number of benzene rings is 1. The highest BCUT2D eigenvalue weighted by Crippen LogP contribution is 2.22. The van der Waals surface area contributed by atoms with Crippen molar-refractivity contribution in [2.75, 3.05) is 24.5 Å². The number of anilines is 2. The fourth-order valence-electron chi connectivity index (χ4n) is 2.85. The van der Waals surface area contributed by atoms with E-state index in [1.165, 1.54) is 5.56 Å². The molecule has 0 unspecified atom stereocenters. The first-order valence-electron chi connectivity index (χ1n) is 9.07. The quantitative estimate of drug-likeness (QED) is 0.722. The van der Waals surface area contributed by atoms with Crippen LogP contribution in [-0.2, 0) is 0 Å². The van der Waals surface area contributed by atoms with Crippen molar-refractivity contribution in [3.05, 3.63) is 47.8 Å². The molecule has 1 amide bonds. The third kappa shape index (κ3) is 4.78. The second-order valence-electron chi connectivity index (χ2n) is 6.12. The lowest BCUT2D eigenvalue weighted by Gasteiger charge is -2.23. The minimum absolute atomic E-state index is 0.0207. The Labute approximate surface area is 150 Å². The monoisotopic (exact) mass is 340 g/mol. The molecule has 1 aromatic heterocycles. The van der Waals surface area contributed by atoms with Crippen molar-refractivity contribution in [3.8, 4) is 0 Å². The van der Waals surface area contributed by atoms with Gasteiger partial charge in [0.2, 0.25) is 5.95 Å². The molecule has 0 aliphatic heterocycles. The van der Waals surface area contributed by atoms with Gasteiger partial charge in [0.15, 0.2) is 0 Å². The first-order valence-corrected chi connectivity index (χ1v) is 9.07. The summed E-state index contributed by atoms with van der Waals surface area (Å²) in [5.74, 6) is 0.541. The molecule has 1 heterocycles. The number of hydrogen-bond acceptors (Lipinski definition) is 4. The zero-order valence-electron chi connectivity index (χ0n) is 15.7. The Balaban J connectivity index is 2.31. The maximum atomic E-state index is 12.8. The molecule has 0 saturated heterocycles. The van der Waals surface area contributed by atoms with E-state index in [1.807, 2.05) is 21.9 Å². The predicted octanol–water partition coefficient (Wildman–Crippen LogP) is 4.21. The van der Waals surface area contributed by atoms with Crippen LogP contribution in [0.4, 0.5) is 11.6 Å². The SMILES string of the molecule is CCCN(CCC)C(=O)c1ccnc(N(CC)c2cccc(C)c2)n1. The molecule has 0 N–H and O–H groups in total. The number of nitrogens with zero attached hydrogens (tertiary/aromatic N) is 4. The lowest BCUT2D eigenvalue weighted by atomic mass is 10.2. The van der Waals surface area contributed by atoms with Gasteiger partial charge in [0.1, 0.15) is 5.69 Å². The average Bonchev–Trinajstić information content (AvgIpc) is 2.62. The summed E-state index contributed by atoms with van der Waals surface area (Å²) in [5, 5.41) is 0. The number of amides is 1. The van der Waals surface area contributed by atoms with Gasteiger partial charge >= 0.3 is 0 Å². The molecule has 0 fully saturated rings. The van der Waals surface area contributed by atoms with Crippen molar-refractivity contribution in [3.63, 3.8) is 0 Å². The van der Waals surface area contributed by atoms with Crippen molar-refractivity contribution in [1.82, 2.24) is 14.9 Å². The van der Waals surface area contributed by atoms with Crippen LogP contribution in [0.2, 0.25) is 0 Å². The molecular formula is C20H28N4O. The van der Waals surface area contributed by atoms with Gasteiger partial charge in [0.05, 0.1) is 0 Å². The van der Waals surface area contributed by atoms with Crippen LogP contribution in [0.15, 0.2) is 36.5 Å². The molecule has 0 aliphatic carbocycles. The minimum atomic E-state index is -0.0207. The van der Waals surface area contributed by atoms with E-state index < -0.39 is 0 Å². The second-order valence-corrected chi connectivity index (χ2v) is 6.12. The smallest absolute Gasteiger partial charge is 0.272 e. The fourth-order valence-corrected chi connectivity index (χ4v) is 2.85. The largest absolute Gasteiger partial charge is 0.337 e. The summed E-state index contributed by atoms with van der Waals surface area (Å²) in [4.78, 5) is 25.6. The zero-order valence-corrected chi connectivity index (χ0v) is 15.7. The zero-order chi connectivity index (χ0) is 18.2. The number of aryl methyl sites for hydroxylation is 1. The Morgan fingerprint density at radius 1 is 1.08 bits per heavy atom. The van der Waals surface area contributed by atoms with Gasteiger partial charge in [-0.05, 0) is 50.5 Å². The Kier molecular flexibility index (Phi) is 6.92. The van der Waals surface area contributed by atoms with Gasteiger partial charge in [0, 0.05) is 31.5 Å². The van der Waals surface area contributed by atoms with Crippen LogP contribution in [-0.4, -0.2) is 40.4 Å². The molecule has 0 radical (unpaired) electrons. The summed E-state index contributed by atoms with van der Waals surface area (Å²) >= 11 is 0. The molecule has 2 aromatic rings. The predicted molar refractivity (Wildman–Crippen MR) is 102 cm³/mol. The van der Waals surface area contributed by atoms with Crippen LogP contribution in [0.5, 0.6) is 0 Å². The summed E-state index contributed by atoms with van der Waals surface area (Å²) in [6, 6.07) is 9.92. The maximum Gasteiger partial charge on any atom is 0.272 e. The summed E-state index contributed by atoms with van der Waals surface area (Å²) in [5.41, 5.74) is 2.67. The molecule has 1 aromatic carbocycles. The van der Waals surface area contributed by atoms with Crippen LogP contribution in [0.3, 0.4) is 0 Å². The maximum absolute atomic E-state index is 12.8. The second kappa shape index (κ2) is 9.16. The Morgan fingerprint density at radius 2 is 1.80 bits per heavy atom. The van der Waals surface area contributed by atoms with E-state index >= 15 is 0 Å². The molecule has 0 spiro atoms. The molecular weight excluding hydrogens is 312 g/mol. The van der Waals surface area contributed by atoms with Crippen molar-refractivity contribution in [1.29, 1.82) is 0 Å². The number of carbonyl (C=O) groups is 1. The number of aromatic nitrogens is 2. The molecule has 0 aliphatic rings. The van der Waals surface area contributed by atoms with Crippen LogP contribution >= 0.6 is 0 Å². The standard InChI is InChI=1S/C20H28N4O/c1-5-13-23(14-6-2)19(25)18-11-12-21-20(22-18)24(7-3)17-10-8-9-16(4)15-17/h8-12,15H,5-7,13-14H2,1-4H3. The summed E-state index contributed by atoms with van der Waals surface area (Å²) < 4.78 is 0. The molecule has 2 rings (SSSR count). The first-order chi connectivity index (χ1) is 12.1. The summed E-state index contributed by atoms with van der Waals surface area (Å²) in [7, 11) is 0. The third-order valence-electron chi connectivity index (χ3n) is 4.01.